The van der Waals surface area contributed by atoms with Crippen LogP contribution >= 0.6 is 0 Å². The lowest BCUT2D eigenvalue weighted by atomic mass is 10.1. The van der Waals surface area contributed by atoms with Gasteiger partial charge in [0.1, 0.15) is 8.07 Å². The molecule has 0 aliphatic heterocycles. The molecule has 0 unspecified atom stereocenters. The molecule has 0 aliphatic carbocycles. The molecule has 0 aromatic carbocycles. The molecule has 0 bridgehead atoms. The number of sulfone groups is 3. The van der Waals surface area contributed by atoms with Gasteiger partial charge in [0.25, 0.3) is 3.03 Å². The van der Waals surface area contributed by atoms with Gasteiger partial charge in [0.05, 0.1) is 0 Å². The second kappa shape index (κ2) is 8.84. The Morgan fingerprint density at radius 2 is 0.960 bits per heavy atom. The van der Waals surface area contributed by atoms with Crippen molar-refractivity contribution in [3.8, 4) is 0 Å². The highest BCUT2D eigenvalue weighted by atomic mass is 32.3. The van der Waals surface area contributed by atoms with E-state index in [1.165, 1.54) is 6.42 Å². The lowest BCUT2D eigenvalue weighted by Crippen LogP contribution is -2.67. The summed E-state index contributed by atoms with van der Waals surface area (Å²) >= 11 is 0. The molecule has 0 aromatic heterocycles. The Balaban J connectivity index is 5.62. The SMILES string of the molecule is CCCCCCCCC[Si](C)(C)C(S(C)(=O)=O)(S(C)(=O)=O)S(C)(=O)=O. The van der Waals surface area contributed by atoms with Crippen molar-refractivity contribution < 1.29 is 25.3 Å². The maximum Gasteiger partial charge on any atom is 0.256 e. The molecule has 0 aliphatic rings. The van der Waals surface area contributed by atoms with Crippen LogP contribution in [0.25, 0.3) is 0 Å². The van der Waals surface area contributed by atoms with Crippen LogP contribution in [0.2, 0.25) is 19.1 Å². The van der Waals surface area contributed by atoms with Crippen LogP contribution in [0.1, 0.15) is 51.9 Å². The molecule has 0 radical (unpaired) electrons. The average molecular weight is 435 g/mol. The summed E-state index contributed by atoms with van der Waals surface area (Å²) in [6, 6.07) is 0.341. The molecular formula is C15H34O6S3Si. The van der Waals surface area contributed by atoms with Gasteiger partial charge in [-0.15, -0.1) is 0 Å². The first-order valence-corrected chi connectivity index (χ1v) is 17.5. The van der Waals surface area contributed by atoms with Gasteiger partial charge in [-0.2, -0.15) is 0 Å². The molecule has 0 rings (SSSR count). The largest absolute Gasteiger partial charge is 0.256 e. The Hall–Kier alpha value is 0.0669. The highest BCUT2D eigenvalue weighted by Crippen LogP contribution is 2.42. The lowest BCUT2D eigenvalue weighted by Gasteiger charge is -2.40. The van der Waals surface area contributed by atoms with Crippen LogP contribution in [0, 0.1) is 0 Å². The number of hydrogen-bond acceptors (Lipinski definition) is 6. The summed E-state index contributed by atoms with van der Waals surface area (Å²) in [5.41, 5.74) is 0. The monoisotopic (exact) mass is 434 g/mol. The van der Waals surface area contributed by atoms with Crippen LogP contribution < -0.4 is 0 Å². The molecule has 0 fully saturated rings. The molecule has 0 heterocycles. The van der Waals surface area contributed by atoms with E-state index >= 15 is 0 Å². The van der Waals surface area contributed by atoms with Crippen molar-refractivity contribution in [1.82, 2.24) is 0 Å². The van der Waals surface area contributed by atoms with Crippen molar-refractivity contribution in [2.24, 2.45) is 0 Å². The summed E-state index contributed by atoms with van der Waals surface area (Å²) in [5.74, 6) is 0. The van der Waals surface area contributed by atoms with Gasteiger partial charge in [-0.05, 0) is 0 Å². The third kappa shape index (κ3) is 5.52. The normalized spacial score (nSPS) is 14.6. The Kier molecular flexibility index (Phi) is 8.86. The third-order valence-electron chi connectivity index (χ3n) is 4.70. The van der Waals surface area contributed by atoms with Crippen LogP contribution in [0.5, 0.6) is 0 Å². The van der Waals surface area contributed by atoms with E-state index in [-0.39, 0.29) is 0 Å². The van der Waals surface area contributed by atoms with Crippen LogP contribution in [-0.4, -0.2) is 55.1 Å². The van der Waals surface area contributed by atoms with Gasteiger partial charge in [-0.1, -0.05) is 71.0 Å². The molecule has 0 saturated heterocycles. The van der Waals surface area contributed by atoms with Gasteiger partial charge < -0.3 is 0 Å². The number of hydrogen-bond donors (Lipinski definition) is 0. The summed E-state index contributed by atoms with van der Waals surface area (Å²) in [5, 5.41) is 0. The molecule has 0 atom stereocenters. The standard InChI is InChI=1S/C15H34O6S3Si/c1-7-8-9-10-11-12-13-14-25(5,6)15(22(2,16)17,23(3,18)19)24(4,20)21/h7-14H2,1-6H3. The van der Waals surface area contributed by atoms with Crippen molar-refractivity contribution in [2.75, 3.05) is 18.8 Å². The maximum absolute atomic E-state index is 12.5. The summed E-state index contributed by atoms with van der Waals surface area (Å²) in [6.45, 7) is 5.26. The predicted octanol–water partition coefficient (Wildman–Crippen LogP) is 2.77. The first-order valence-electron chi connectivity index (χ1n) is 8.65. The van der Waals surface area contributed by atoms with Crippen molar-refractivity contribution in [2.45, 2.75) is 74.0 Å². The van der Waals surface area contributed by atoms with Crippen molar-refractivity contribution in [3.05, 3.63) is 0 Å². The second-order valence-corrected chi connectivity index (χ2v) is 21.0. The van der Waals surface area contributed by atoms with Crippen LogP contribution in [0.4, 0.5) is 0 Å². The Labute approximate surface area is 155 Å². The van der Waals surface area contributed by atoms with Gasteiger partial charge in [-0.25, -0.2) is 25.3 Å². The number of rotatable bonds is 12. The van der Waals surface area contributed by atoms with Gasteiger partial charge >= 0.3 is 0 Å². The second-order valence-electron chi connectivity index (χ2n) is 7.63. The van der Waals surface area contributed by atoms with Crippen LogP contribution in [-0.2, 0) is 29.5 Å². The molecule has 0 amide bonds. The predicted molar refractivity (Wildman–Crippen MR) is 108 cm³/mol. The minimum absolute atomic E-state index is 0.341. The summed E-state index contributed by atoms with van der Waals surface area (Å²) in [7, 11) is -16.3. The van der Waals surface area contributed by atoms with Crippen molar-refractivity contribution >= 4 is 37.6 Å². The zero-order valence-corrected chi connectivity index (χ0v) is 19.8. The summed E-state index contributed by atoms with van der Waals surface area (Å²) in [4.78, 5) is 0. The maximum atomic E-state index is 12.5. The topological polar surface area (TPSA) is 102 Å². The fourth-order valence-electron chi connectivity index (χ4n) is 4.01. The molecule has 0 N–H and O–H groups in total. The molecule has 152 valence electrons. The van der Waals surface area contributed by atoms with Crippen molar-refractivity contribution in [1.29, 1.82) is 0 Å². The van der Waals surface area contributed by atoms with Gasteiger partial charge in [-0.3, -0.25) is 0 Å². The minimum Gasteiger partial charge on any atom is -0.227 e. The molecule has 0 spiro atoms. The van der Waals surface area contributed by atoms with Crippen LogP contribution in [0.15, 0.2) is 0 Å². The van der Waals surface area contributed by atoms with E-state index in [4.69, 9.17) is 0 Å². The third-order valence-corrected chi connectivity index (χ3v) is 24.6. The van der Waals surface area contributed by atoms with Gasteiger partial charge in [0, 0.05) is 18.8 Å². The summed E-state index contributed by atoms with van der Waals surface area (Å²) in [6.07, 6.45) is 9.26. The molecule has 10 heteroatoms. The molecule has 0 saturated carbocycles. The van der Waals surface area contributed by atoms with Crippen molar-refractivity contribution in [3.63, 3.8) is 0 Å². The highest BCUT2D eigenvalue weighted by molar-refractivity contribution is 8.28. The first-order chi connectivity index (χ1) is 11.1. The fraction of sp³-hybridized carbons (Fsp3) is 1.00. The molecule has 25 heavy (non-hydrogen) atoms. The first kappa shape index (κ1) is 25.1. The highest BCUT2D eigenvalue weighted by Gasteiger charge is 2.68. The zero-order chi connectivity index (χ0) is 20.2. The fourth-order valence-corrected chi connectivity index (χ4v) is 25.0. The lowest BCUT2D eigenvalue weighted by molar-refractivity contribution is 0.571. The van der Waals surface area contributed by atoms with E-state index in [2.05, 4.69) is 6.92 Å². The van der Waals surface area contributed by atoms with E-state index in [0.717, 1.165) is 50.9 Å². The van der Waals surface area contributed by atoms with Gasteiger partial charge in [0.15, 0.2) is 29.5 Å². The Morgan fingerprint density at radius 1 is 0.640 bits per heavy atom. The van der Waals surface area contributed by atoms with E-state index in [9.17, 15) is 25.3 Å². The smallest absolute Gasteiger partial charge is 0.227 e. The van der Waals surface area contributed by atoms with E-state index < -0.39 is 40.6 Å². The zero-order valence-electron chi connectivity index (χ0n) is 16.3. The van der Waals surface area contributed by atoms with Crippen LogP contribution in [0.3, 0.4) is 0 Å². The van der Waals surface area contributed by atoms with Gasteiger partial charge in [0.2, 0.25) is 0 Å². The Morgan fingerprint density at radius 3 is 1.28 bits per heavy atom. The average Bonchev–Trinajstić information content (AvgIpc) is 2.31. The minimum atomic E-state index is -4.37. The summed E-state index contributed by atoms with van der Waals surface area (Å²) < 4.78 is 72.2. The van der Waals surface area contributed by atoms with E-state index in [1.54, 1.807) is 13.1 Å². The van der Waals surface area contributed by atoms with E-state index in [0.29, 0.717) is 12.5 Å². The molecule has 6 nitrogen and oxygen atoms in total. The molecule has 0 aromatic rings. The Bertz CT molecular complexity index is 657. The number of unbranched alkanes of at least 4 members (excludes halogenated alkanes) is 6. The van der Waals surface area contributed by atoms with E-state index in [1.807, 2.05) is 0 Å². The molecular weight excluding hydrogens is 400 g/mol. The quantitative estimate of drug-likeness (QED) is 0.346.